The van der Waals surface area contributed by atoms with E-state index in [0.717, 1.165) is 56.2 Å². The van der Waals surface area contributed by atoms with Crippen molar-refractivity contribution in [2.75, 3.05) is 42.9 Å². The van der Waals surface area contributed by atoms with Crippen LogP contribution in [0.3, 0.4) is 0 Å². The monoisotopic (exact) mass is 469 g/mol. The number of hydrogen-bond donors (Lipinski definition) is 1. The van der Waals surface area contributed by atoms with E-state index < -0.39 is 5.82 Å². The van der Waals surface area contributed by atoms with Crippen LogP contribution < -0.4 is 10.2 Å². The van der Waals surface area contributed by atoms with Crippen LogP contribution in [0.1, 0.15) is 45.2 Å². The van der Waals surface area contributed by atoms with Crippen LogP contribution in [-0.2, 0) is 0 Å². The number of nitrogens with zero attached hydrogens (tertiary/aromatic N) is 6. The number of aliphatic imine (C=N–C) groups is 1. The fourth-order valence-corrected chi connectivity index (χ4v) is 5.62. The van der Waals surface area contributed by atoms with E-state index in [-0.39, 0.29) is 5.69 Å². The van der Waals surface area contributed by atoms with E-state index in [1.54, 1.807) is 11.8 Å². The van der Waals surface area contributed by atoms with Crippen molar-refractivity contribution in [2.45, 2.75) is 44.8 Å². The molecule has 1 saturated carbocycles. The zero-order valence-corrected chi connectivity index (χ0v) is 20.2. The standard InChI is InChI=1S/C24H32FN7S/c1-4-31-11-13-32(14-12-31)18-9-10-21(27-15-18)29-24-28-16-20(25)22(30-24)23(17(2)26-3)33-19-7-5-6-8-19/h9-10,15-16,19H,3-8,11-14H2,1-2H3,(H,27,28,29,30)/b23-17-. The minimum atomic E-state index is -0.460. The summed E-state index contributed by atoms with van der Waals surface area (Å²) in [6.07, 6.45) is 7.74. The van der Waals surface area contributed by atoms with Crippen molar-refractivity contribution in [1.82, 2.24) is 19.9 Å². The summed E-state index contributed by atoms with van der Waals surface area (Å²) < 4.78 is 14.8. The van der Waals surface area contributed by atoms with Gasteiger partial charge in [0.1, 0.15) is 11.5 Å². The molecule has 0 unspecified atom stereocenters. The van der Waals surface area contributed by atoms with Crippen LogP contribution in [0.2, 0.25) is 0 Å². The second-order valence-corrected chi connectivity index (χ2v) is 9.75. The molecule has 0 spiro atoms. The number of halogens is 1. The molecule has 2 aromatic rings. The third-order valence-electron chi connectivity index (χ3n) is 6.28. The van der Waals surface area contributed by atoms with Crippen LogP contribution in [-0.4, -0.2) is 64.5 Å². The maximum Gasteiger partial charge on any atom is 0.229 e. The van der Waals surface area contributed by atoms with Crippen LogP contribution in [0, 0.1) is 5.82 Å². The first kappa shape index (κ1) is 23.6. The van der Waals surface area contributed by atoms with Crippen LogP contribution in [0.4, 0.5) is 21.8 Å². The van der Waals surface area contributed by atoms with E-state index in [0.29, 0.717) is 22.7 Å². The van der Waals surface area contributed by atoms with E-state index in [1.165, 1.54) is 19.0 Å². The number of hydrogen-bond acceptors (Lipinski definition) is 8. The summed E-state index contributed by atoms with van der Waals surface area (Å²) in [7, 11) is 0. The van der Waals surface area contributed by atoms with E-state index >= 15 is 0 Å². The molecule has 7 nitrogen and oxygen atoms in total. The highest BCUT2D eigenvalue weighted by molar-refractivity contribution is 8.08. The number of aromatic nitrogens is 3. The Bertz CT molecular complexity index is 981. The second-order valence-electron chi connectivity index (χ2n) is 8.44. The lowest BCUT2D eigenvalue weighted by molar-refractivity contribution is 0.271. The fourth-order valence-electron chi connectivity index (χ4n) is 4.23. The van der Waals surface area contributed by atoms with Gasteiger partial charge in [0.25, 0.3) is 0 Å². The molecular weight excluding hydrogens is 437 g/mol. The Morgan fingerprint density at radius 3 is 2.58 bits per heavy atom. The Labute approximate surface area is 199 Å². The van der Waals surface area contributed by atoms with Crippen molar-refractivity contribution >= 4 is 40.8 Å². The first-order valence-electron chi connectivity index (χ1n) is 11.6. The van der Waals surface area contributed by atoms with Gasteiger partial charge < -0.3 is 15.1 Å². The summed E-state index contributed by atoms with van der Waals surface area (Å²) in [5.74, 6) is 0.471. The Kier molecular flexibility index (Phi) is 7.93. The molecule has 9 heteroatoms. The molecule has 1 N–H and O–H groups in total. The summed E-state index contributed by atoms with van der Waals surface area (Å²) in [5, 5.41) is 3.57. The molecule has 2 aromatic heterocycles. The number of anilines is 3. The van der Waals surface area contributed by atoms with Gasteiger partial charge in [-0.25, -0.2) is 19.3 Å². The number of allylic oxidation sites excluding steroid dienone is 1. The highest BCUT2D eigenvalue weighted by atomic mass is 32.2. The van der Waals surface area contributed by atoms with Crippen LogP contribution in [0.5, 0.6) is 0 Å². The fraction of sp³-hybridized carbons (Fsp3) is 0.500. The summed E-state index contributed by atoms with van der Waals surface area (Å²) in [4.78, 5) is 22.7. The van der Waals surface area contributed by atoms with Gasteiger partial charge in [-0.2, -0.15) is 0 Å². The maximum absolute atomic E-state index is 14.8. The Hall–Kier alpha value is -2.52. The molecule has 2 aliphatic rings. The first-order chi connectivity index (χ1) is 16.1. The van der Waals surface area contributed by atoms with E-state index in [4.69, 9.17) is 0 Å². The molecule has 0 bridgehead atoms. The van der Waals surface area contributed by atoms with E-state index in [1.807, 2.05) is 19.2 Å². The molecule has 176 valence electrons. The van der Waals surface area contributed by atoms with Crippen LogP contribution >= 0.6 is 11.8 Å². The molecule has 0 aromatic carbocycles. The number of thioether (sulfide) groups is 1. The highest BCUT2D eigenvalue weighted by Crippen LogP contribution is 2.41. The average molecular weight is 470 g/mol. The number of likely N-dealkylation sites (N-methyl/N-ethyl adjacent to an activating group) is 1. The number of pyridine rings is 1. The van der Waals surface area contributed by atoms with Gasteiger partial charge in [0.05, 0.1) is 28.7 Å². The van der Waals surface area contributed by atoms with Gasteiger partial charge in [0, 0.05) is 31.4 Å². The van der Waals surface area contributed by atoms with Crippen molar-refractivity contribution in [1.29, 1.82) is 0 Å². The van der Waals surface area contributed by atoms with Gasteiger partial charge in [-0.1, -0.05) is 19.8 Å². The van der Waals surface area contributed by atoms with Crippen molar-refractivity contribution < 1.29 is 4.39 Å². The maximum atomic E-state index is 14.8. The molecular formula is C24H32FN7S. The molecule has 1 aliphatic carbocycles. The summed E-state index contributed by atoms with van der Waals surface area (Å²) in [5.41, 5.74) is 2.05. The van der Waals surface area contributed by atoms with Gasteiger partial charge in [-0.15, -0.1) is 11.8 Å². The molecule has 0 radical (unpaired) electrons. The SMILES string of the molecule is C=N/C(C)=C(\SC1CCCC1)c1nc(Nc2ccc(N3CCN(CC)CC3)cn2)ncc1F. The van der Waals surface area contributed by atoms with Crippen LogP contribution in [0.25, 0.3) is 4.91 Å². The Morgan fingerprint density at radius 2 is 1.94 bits per heavy atom. The lowest BCUT2D eigenvalue weighted by Crippen LogP contribution is -2.46. The quantitative estimate of drug-likeness (QED) is 0.548. The smallest absolute Gasteiger partial charge is 0.229 e. The number of piperazine rings is 1. The van der Waals surface area contributed by atoms with E-state index in [2.05, 4.69) is 54.8 Å². The lowest BCUT2D eigenvalue weighted by atomic mass is 10.2. The third kappa shape index (κ3) is 5.89. The molecule has 2 fully saturated rings. The second kappa shape index (κ2) is 11.1. The zero-order chi connectivity index (χ0) is 23.2. The van der Waals surface area contributed by atoms with Crippen LogP contribution in [0.15, 0.2) is 35.2 Å². The molecule has 3 heterocycles. The minimum absolute atomic E-state index is 0.264. The predicted molar refractivity (Wildman–Crippen MR) is 136 cm³/mol. The number of nitrogens with one attached hydrogen (secondary N) is 1. The van der Waals surface area contributed by atoms with Gasteiger partial charge in [-0.05, 0) is 45.2 Å². The molecule has 33 heavy (non-hydrogen) atoms. The first-order valence-corrected chi connectivity index (χ1v) is 12.5. The predicted octanol–water partition coefficient (Wildman–Crippen LogP) is 4.96. The average Bonchev–Trinajstić information content (AvgIpc) is 3.37. The van der Waals surface area contributed by atoms with Gasteiger partial charge in [0.2, 0.25) is 5.95 Å². The largest absolute Gasteiger partial charge is 0.368 e. The zero-order valence-electron chi connectivity index (χ0n) is 19.4. The topological polar surface area (TPSA) is 69.5 Å². The van der Waals surface area contributed by atoms with Crippen molar-refractivity contribution in [3.8, 4) is 0 Å². The highest BCUT2D eigenvalue weighted by Gasteiger charge is 2.23. The summed E-state index contributed by atoms with van der Waals surface area (Å²) in [6, 6.07) is 3.96. The molecule has 1 saturated heterocycles. The lowest BCUT2D eigenvalue weighted by Gasteiger charge is -2.35. The summed E-state index contributed by atoms with van der Waals surface area (Å²) in [6.45, 7) is 12.9. The van der Waals surface area contributed by atoms with Gasteiger partial charge >= 0.3 is 0 Å². The summed E-state index contributed by atoms with van der Waals surface area (Å²) >= 11 is 1.65. The number of rotatable bonds is 8. The van der Waals surface area contributed by atoms with Gasteiger partial charge in [0.15, 0.2) is 5.82 Å². The van der Waals surface area contributed by atoms with Crippen molar-refractivity contribution in [3.05, 3.63) is 41.7 Å². The van der Waals surface area contributed by atoms with Crippen molar-refractivity contribution in [2.24, 2.45) is 4.99 Å². The molecule has 0 atom stereocenters. The van der Waals surface area contributed by atoms with Gasteiger partial charge in [-0.3, -0.25) is 4.99 Å². The molecule has 1 aliphatic heterocycles. The third-order valence-corrected chi connectivity index (χ3v) is 7.81. The Balaban J connectivity index is 1.48. The normalized spacial score (nSPS) is 18.3. The van der Waals surface area contributed by atoms with Crippen molar-refractivity contribution in [3.63, 3.8) is 0 Å². The van der Waals surface area contributed by atoms with E-state index in [9.17, 15) is 4.39 Å². The molecule has 4 rings (SSSR count). The minimum Gasteiger partial charge on any atom is -0.368 e. The Morgan fingerprint density at radius 1 is 1.18 bits per heavy atom. The molecule has 0 amide bonds.